The highest BCUT2D eigenvalue weighted by Crippen LogP contribution is 2.32. The lowest BCUT2D eigenvalue weighted by molar-refractivity contribution is 0.0980. The predicted octanol–water partition coefficient (Wildman–Crippen LogP) is 4.78. The number of aryl methyl sites for hydroxylation is 1. The van der Waals surface area contributed by atoms with Crippen molar-refractivity contribution in [1.29, 1.82) is 0 Å². The van der Waals surface area contributed by atoms with Gasteiger partial charge in [0, 0.05) is 12.0 Å². The number of hydrogen-bond donors (Lipinski definition) is 0. The summed E-state index contributed by atoms with van der Waals surface area (Å²) in [6, 6.07) is 24.4. The second-order valence-electron chi connectivity index (χ2n) is 6.25. The topological polar surface area (TPSA) is 51.2 Å². The predicted molar refractivity (Wildman–Crippen MR) is 103 cm³/mol. The molecule has 0 fully saturated rings. The molecule has 0 aliphatic rings. The van der Waals surface area contributed by atoms with E-state index < -0.39 is 15.1 Å². The van der Waals surface area contributed by atoms with E-state index in [9.17, 15) is 13.2 Å². The van der Waals surface area contributed by atoms with Gasteiger partial charge >= 0.3 is 0 Å². The van der Waals surface area contributed by atoms with Gasteiger partial charge in [-0.3, -0.25) is 4.79 Å². The van der Waals surface area contributed by atoms with Crippen LogP contribution in [0.3, 0.4) is 0 Å². The van der Waals surface area contributed by atoms with Crippen LogP contribution in [-0.2, 0) is 9.84 Å². The maximum Gasteiger partial charge on any atom is 0.185 e. The summed E-state index contributed by atoms with van der Waals surface area (Å²) in [6.07, 6.45) is -0.0930. The molecule has 3 aromatic rings. The van der Waals surface area contributed by atoms with Gasteiger partial charge in [0.25, 0.3) is 0 Å². The first-order chi connectivity index (χ1) is 12.5. The van der Waals surface area contributed by atoms with Gasteiger partial charge in [-0.15, -0.1) is 0 Å². The van der Waals surface area contributed by atoms with Crippen molar-refractivity contribution in [2.75, 3.05) is 0 Å². The van der Waals surface area contributed by atoms with Crippen LogP contribution < -0.4 is 0 Å². The summed E-state index contributed by atoms with van der Waals surface area (Å²) in [5, 5.41) is -0.917. The van der Waals surface area contributed by atoms with E-state index in [1.807, 2.05) is 25.1 Å². The lowest BCUT2D eigenvalue weighted by Crippen LogP contribution is -2.18. The molecule has 3 aromatic carbocycles. The van der Waals surface area contributed by atoms with Crippen LogP contribution in [0, 0.1) is 6.92 Å². The monoisotopic (exact) mass is 364 g/mol. The van der Waals surface area contributed by atoms with E-state index in [1.54, 1.807) is 66.7 Å². The largest absolute Gasteiger partial charge is 0.294 e. The fourth-order valence-corrected chi connectivity index (χ4v) is 4.63. The SMILES string of the molecule is Cc1ccc(C(=O)C[C@@H](c2ccccc2)S(=O)(=O)c2ccccc2)cc1. The maximum absolute atomic E-state index is 13.2. The molecule has 0 N–H and O–H groups in total. The zero-order valence-corrected chi connectivity index (χ0v) is 15.3. The van der Waals surface area contributed by atoms with Crippen LogP contribution >= 0.6 is 0 Å². The molecule has 0 bridgehead atoms. The normalized spacial score (nSPS) is 12.5. The van der Waals surface area contributed by atoms with Crippen LogP contribution in [0.25, 0.3) is 0 Å². The number of carbonyl (C=O) groups excluding carboxylic acids is 1. The van der Waals surface area contributed by atoms with E-state index >= 15 is 0 Å². The molecule has 0 aromatic heterocycles. The number of sulfone groups is 1. The Morgan fingerprint density at radius 1 is 0.808 bits per heavy atom. The summed E-state index contributed by atoms with van der Waals surface area (Å²) in [7, 11) is -3.69. The summed E-state index contributed by atoms with van der Waals surface area (Å²) in [6.45, 7) is 1.95. The van der Waals surface area contributed by atoms with Crippen LogP contribution in [0.15, 0.2) is 89.8 Å². The molecule has 3 nitrogen and oxygen atoms in total. The lowest BCUT2D eigenvalue weighted by Gasteiger charge is -2.18. The average Bonchev–Trinajstić information content (AvgIpc) is 2.67. The molecule has 1 atom stereocenters. The number of hydrogen-bond acceptors (Lipinski definition) is 3. The molecule has 0 aliphatic carbocycles. The van der Waals surface area contributed by atoms with Crippen molar-refractivity contribution in [2.24, 2.45) is 0 Å². The van der Waals surface area contributed by atoms with E-state index in [0.29, 0.717) is 11.1 Å². The first-order valence-corrected chi connectivity index (χ1v) is 9.97. The Kier molecular flexibility index (Phi) is 5.33. The molecule has 132 valence electrons. The van der Waals surface area contributed by atoms with Gasteiger partial charge in [0.1, 0.15) is 0 Å². The third-order valence-electron chi connectivity index (χ3n) is 4.36. The molecule has 0 heterocycles. The van der Waals surface area contributed by atoms with Crippen molar-refractivity contribution in [3.63, 3.8) is 0 Å². The van der Waals surface area contributed by atoms with Crippen molar-refractivity contribution in [1.82, 2.24) is 0 Å². The second kappa shape index (κ2) is 7.67. The van der Waals surface area contributed by atoms with E-state index in [-0.39, 0.29) is 17.1 Å². The van der Waals surface area contributed by atoms with Crippen molar-refractivity contribution in [3.8, 4) is 0 Å². The molecular weight excluding hydrogens is 344 g/mol. The second-order valence-corrected chi connectivity index (χ2v) is 8.38. The minimum atomic E-state index is -3.69. The number of Topliss-reactive ketones (excluding diaryl/α,β-unsaturated/α-hetero) is 1. The molecule has 0 saturated carbocycles. The minimum absolute atomic E-state index is 0.0930. The molecule has 26 heavy (non-hydrogen) atoms. The summed E-state index contributed by atoms with van der Waals surface area (Å²) in [5.41, 5.74) is 2.20. The van der Waals surface area contributed by atoms with Gasteiger partial charge in [0.2, 0.25) is 0 Å². The van der Waals surface area contributed by atoms with Crippen molar-refractivity contribution in [2.45, 2.75) is 23.5 Å². The average molecular weight is 364 g/mol. The highest BCUT2D eigenvalue weighted by Gasteiger charge is 2.31. The van der Waals surface area contributed by atoms with E-state index in [2.05, 4.69) is 0 Å². The van der Waals surface area contributed by atoms with Gasteiger partial charge in [0.05, 0.1) is 10.1 Å². The van der Waals surface area contributed by atoms with E-state index in [1.165, 1.54) is 0 Å². The number of carbonyl (C=O) groups is 1. The molecule has 0 unspecified atom stereocenters. The fraction of sp³-hybridized carbons (Fsp3) is 0.136. The Hall–Kier alpha value is -2.72. The van der Waals surface area contributed by atoms with Gasteiger partial charge in [-0.05, 0) is 24.6 Å². The van der Waals surface area contributed by atoms with Crippen molar-refractivity contribution in [3.05, 3.63) is 102 Å². The number of benzene rings is 3. The highest BCUT2D eigenvalue weighted by molar-refractivity contribution is 7.91. The van der Waals surface area contributed by atoms with Crippen LogP contribution in [0.5, 0.6) is 0 Å². The van der Waals surface area contributed by atoms with E-state index in [0.717, 1.165) is 5.56 Å². The first-order valence-electron chi connectivity index (χ1n) is 8.42. The Labute approximate surface area is 154 Å². The molecule has 0 aliphatic heterocycles. The third-order valence-corrected chi connectivity index (χ3v) is 6.48. The number of ketones is 1. The minimum Gasteiger partial charge on any atom is -0.294 e. The zero-order chi connectivity index (χ0) is 18.6. The molecule has 4 heteroatoms. The van der Waals surface area contributed by atoms with Crippen molar-refractivity contribution >= 4 is 15.6 Å². The molecular formula is C22H20O3S. The van der Waals surface area contributed by atoms with Crippen LogP contribution in [0.1, 0.15) is 33.2 Å². The smallest absolute Gasteiger partial charge is 0.185 e. The third kappa shape index (κ3) is 3.92. The Morgan fingerprint density at radius 3 is 1.92 bits per heavy atom. The van der Waals surface area contributed by atoms with Crippen LogP contribution in [0.4, 0.5) is 0 Å². The summed E-state index contributed by atoms with van der Waals surface area (Å²) >= 11 is 0. The van der Waals surface area contributed by atoms with Gasteiger partial charge < -0.3 is 0 Å². The molecule has 0 spiro atoms. The molecule has 3 rings (SSSR count). The van der Waals surface area contributed by atoms with Gasteiger partial charge in [-0.1, -0.05) is 78.4 Å². The molecule has 0 amide bonds. The van der Waals surface area contributed by atoms with Gasteiger partial charge in [0.15, 0.2) is 15.6 Å². The van der Waals surface area contributed by atoms with Gasteiger partial charge in [-0.25, -0.2) is 8.42 Å². The molecule has 0 radical (unpaired) electrons. The summed E-state index contributed by atoms with van der Waals surface area (Å²) < 4.78 is 26.4. The van der Waals surface area contributed by atoms with Gasteiger partial charge in [-0.2, -0.15) is 0 Å². The standard InChI is InChI=1S/C22H20O3S/c1-17-12-14-18(15-13-17)21(23)16-22(19-8-4-2-5-9-19)26(24,25)20-10-6-3-7-11-20/h2-15,22H,16H2,1H3/t22-/m0/s1. The number of rotatable bonds is 6. The highest BCUT2D eigenvalue weighted by atomic mass is 32.2. The Balaban J connectivity index is 1.99. The summed E-state index contributed by atoms with van der Waals surface area (Å²) in [5.74, 6) is -0.182. The summed E-state index contributed by atoms with van der Waals surface area (Å²) in [4.78, 5) is 13.0. The quantitative estimate of drug-likeness (QED) is 0.591. The Morgan fingerprint density at radius 2 is 1.35 bits per heavy atom. The molecule has 0 saturated heterocycles. The Bertz CT molecular complexity index is 977. The first kappa shape index (κ1) is 18.1. The van der Waals surface area contributed by atoms with E-state index in [4.69, 9.17) is 0 Å². The van der Waals surface area contributed by atoms with Crippen molar-refractivity contribution < 1.29 is 13.2 Å². The van der Waals surface area contributed by atoms with Crippen LogP contribution in [0.2, 0.25) is 0 Å². The lowest BCUT2D eigenvalue weighted by atomic mass is 10.0. The zero-order valence-electron chi connectivity index (χ0n) is 14.5. The maximum atomic E-state index is 13.2. The van der Waals surface area contributed by atoms with Crippen LogP contribution in [-0.4, -0.2) is 14.2 Å². The fourth-order valence-electron chi connectivity index (χ4n) is 2.87.